The van der Waals surface area contributed by atoms with Gasteiger partial charge in [-0.1, -0.05) is 0 Å². The van der Waals surface area contributed by atoms with Crippen LogP contribution in [0.25, 0.3) is 0 Å². The molecule has 3 N–H and O–H groups in total. The number of likely N-dealkylation sites (N-methyl/N-ethyl adjacent to an activating group) is 1. The molecule has 1 aliphatic heterocycles. The fourth-order valence-electron chi connectivity index (χ4n) is 2.32. The van der Waals surface area contributed by atoms with Crippen molar-refractivity contribution in [1.29, 1.82) is 0 Å². The highest BCUT2D eigenvalue weighted by Crippen LogP contribution is 2.21. The summed E-state index contributed by atoms with van der Waals surface area (Å²) in [4.78, 5) is 24.8. The second-order valence-corrected chi connectivity index (χ2v) is 7.46. The topological polar surface area (TPSA) is 127 Å². The summed E-state index contributed by atoms with van der Waals surface area (Å²) in [7, 11) is -3.20. The van der Waals surface area contributed by atoms with Gasteiger partial charge >= 0.3 is 5.97 Å². The minimum absolute atomic E-state index is 0.0134. The Balaban J connectivity index is 2.74. The second kappa shape index (κ2) is 7.19. The lowest BCUT2D eigenvalue weighted by molar-refractivity contribution is -0.145. The Morgan fingerprint density at radius 3 is 2.52 bits per heavy atom. The Bertz CT molecular complexity index is 492. The molecule has 0 aromatic carbocycles. The number of rotatable bonds is 7. The lowest BCUT2D eigenvalue weighted by Gasteiger charge is -2.31. The molecule has 1 saturated heterocycles. The van der Waals surface area contributed by atoms with E-state index in [1.807, 2.05) is 0 Å². The normalized spacial score (nSPS) is 23.8. The number of carbonyl (C=O) groups is 2. The van der Waals surface area contributed by atoms with E-state index in [4.69, 9.17) is 15.6 Å². The van der Waals surface area contributed by atoms with Gasteiger partial charge in [0.1, 0.15) is 15.8 Å². The largest absolute Gasteiger partial charge is 0.481 e. The summed E-state index contributed by atoms with van der Waals surface area (Å²) in [6.45, 7) is 2.22. The highest BCUT2D eigenvalue weighted by molar-refractivity contribution is 7.90. The van der Waals surface area contributed by atoms with Gasteiger partial charge in [-0.25, -0.2) is 8.42 Å². The van der Waals surface area contributed by atoms with Crippen LogP contribution in [-0.4, -0.2) is 74.2 Å². The predicted octanol–water partition coefficient (Wildman–Crippen LogP) is -1.30. The van der Waals surface area contributed by atoms with E-state index in [9.17, 15) is 18.0 Å². The minimum Gasteiger partial charge on any atom is -0.481 e. The lowest BCUT2D eigenvalue weighted by Crippen LogP contribution is -2.52. The van der Waals surface area contributed by atoms with Crippen molar-refractivity contribution in [2.45, 2.75) is 25.4 Å². The van der Waals surface area contributed by atoms with Crippen molar-refractivity contribution in [3.63, 3.8) is 0 Å². The van der Waals surface area contributed by atoms with Crippen molar-refractivity contribution in [1.82, 2.24) is 4.90 Å². The number of hydrogen-bond acceptors (Lipinski definition) is 6. The van der Waals surface area contributed by atoms with Gasteiger partial charge in [-0.2, -0.15) is 0 Å². The van der Waals surface area contributed by atoms with Crippen LogP contribution in [-0.2, 0) is 24.2 Å². The van der Waals surface area contributed by atoms with E-state index in [0.29, 0.717) is 6.54 Å². The number of carboxylic acid groups (broad SMARTS) is 1. The molecule has 3 unspecified atom stereocenters. The maximum absolute atomic E-state index is 12.3. The average molecular weight is 322 g/mol. The zero-order chi connectivity index (χ0) is 16.2. The molecule has 3 atom stereocenters. The molecule has 1 aliphatic rings. The Labute approximate surface area is 124 Å². The minimum atomic E-state index is -3.20. The molecular weight excluding hydrogens is 300 g/mol. The third-order valence-corrected chi connectivity index (χ3v) is 4.49. The Morgan fingerprint density at radius 1 is 1.43 bits per heavy atom. The molecule has 1 fully saturated rings. The van der Waals surface area contributed by atoms with Crippen LogP contribution in [0.2, 0.25) is 0 Å². The van der Waals surface area contributed by atoms with Crippen molar-refractivity contribution in [3.8, 4) is 0 Å². The number of amides is 1. The number of carboxylic acids is 1. The van der Waals surface area contributed by atoms with Gasteiger partial charge in [0.25, 0.3) is 0 Å². The molecule has 0 aromatic rings. The number of nitrogens with zero attached hydrogens (tertiary/aromatic N) is 1. The number of aliphatic carboxylic acids is 1. The van der Waals surface area contributed by atoms with Crippen LogP contribution in [0.1, 0.15) is 13.3 Å². The SMILES string of the molecule is CCN(C(=O)C(N)CCS(C)(=O)=O)C1COCC1C(=O)O. The third kappa shape index (κ3) is 4.94. The lowest BCUT2D eigenvalue weighted by atomic mass is 10.0. The molecule has 122 valence electrons. The zero-order valence-electron chi connectivity index (χ0n) is 12.2. The molecule has 0 aromatic heterocycles. The molecule has 21 heavy (non-hydrogen) atoms. The van der Waals surface area contributed by atoms with E-state index in [1.54, 1.807) is 6.92 Å². The summed E-state index contributed by atoms with van der Waals surface area (Å²) in [5.74, 6) is -2.42. The quantitative estimate of drug-likeness (QED) is 0.596. The zero-order valence-corrected chi connectivity index (χ0v) is 13.0. The highest BCUT2D eigenvalue weighted by Gasteiger charge is 2.40. The van der Waals surface area contributed by atoms with Crippen LogP contribution in [0.15, 0.2) is 0 Å². The summed E-state index contributed by atoms with van der Waals surface area (Å²) in [5, 5.41) is 9.13. The van der Waals surface area contributed by atoms with Crippen molar-refractivity contribution in [2.24, 2.45) is 11.7 Å². The van der Waals surface area contributed by atoms with E-state index in [-0.39, 0.29) is 25.4 Å². The van der Waals surface area contributed by atoms with Gasteiger partial charge in [0.15, 0.2) is 0 Å². The first kappa shape index (κ1) is 17.9. The molecule has 0 saturated carbocycles. The van der Waals surface area contributed by atoms with Crippen LogP contribution >= 0.6 is 0 Å². The van der Waals surface area contributed by atoms with E-state index < -0.39 is 39.7 Å². The summed E-state index contributed by atoms with van der Waals surface area (Å²) in [6.07, 6.45) is 1.09. The van der Waals surface area contributed by atoms with Gasteiger partial charge in [-0.05, 0) is 13.3 Å². The van der Waals surface area contributed by atoms with Crippen LogP contribution in [0.4, 0.5) is 0 Å². The van der Waals surface area contributed by atoms with Gasteiger partial charge in [-0.15, -0.1) is 0 Å². The number of hydrogen-bond donors (Lipinski definition) is 2. The molecule has 9 heteroatoms. The number of sulfone groups is 1. The average Bonchev–Trinajstić information content (AvgIpc) is 2.85. The maximum Gasteiger partial charge on any atom is 0.311 e. The van der Waals surface area contributed by atoms with Crippen molar-refractivity contribution in [2.75, 3.05) is 31.8 Å². The Morgan fingerprint density at radius 2 is 2.05 bits per heavy atom. The van der Waals surface area contributed by atoms with E-state index in [2.05, 4.69) is 0 Å². The van der Waals surface area contributed by atoms with Gasteiger partial charge in [0, 0.05) is 12.8 Å². The molecule has 0 bridgehead atoms. The molecule has 1 heterocycles. The molecule has 1 rings (SSSR count). The van der Waals surface area contributed by atoms with Crippen LogP contribution in [0, 0.1) is 5.92 Å². The van der Waals surface area contributed by atoms with E-state index in [1.165, 1.54) is 4.90 Å². The van der Waals surface area contributed by atoms with Crippen LogP contribution < -0.4 is 5.73 Å². The number of ether oxygens (including phenoxy) is 1. The Kier molecular flexibility index (Phi) is 6.11. The first-order chi connectivity index (χ1) is 9.67. The third-order valence-electron chi connectivity index (χ3n) is 3.51. The summed E-state index contributed by atoms with van der Waals surface area (Å²) >= 11 is 0. The van der Waals surface area contributed by atoms with Crippen molar-refractivity contribution >= 4 is 21.7 Å². The predicted molar refractivity (Wildman–Crippen MR) is 75.4 cm³/mol. The fraction of sp³-hybridized carbons (Fsp3) is 0.833. The molecule has 1 amide bonds. The Hall–Kier alpha value is -1.19. The highest BCUT2D eigenvalue weighted by atomic mass is 32.2. The smallest absolute Gasteiger partial charge is 0.311 e. The number of nitrogens with two attached hydrogens (primary N) is 1. The van der Waals surface area contributed by atoms with Crippen molar-refractivity contribution in [3.05, 3.63) is 0 Å². The standard InChI is InChI=1S/C12H22N2O6S/c1-3-14(10-7-20-6-8(10)12(16)17)11(15)9(13)4-5-21(2,18)19/h8-10H,3-7,13H2,1-2H3,(H,16,17). The molecular formula is C12H22N2O6S. The summed E-state index contributed by atoms with van der Waals surface area (Å²) < 4.78 is 27.4. The van der Waals surface area contributed by atoms with Gasteiger partial charge < -0.3 is 20.5 Å². The van der Waals surface area contributed by atoms with Crippen LogP contribution in [0.3, 0.4) is 0 Å². The first-order valence-corrected chi connectivity index (χ1v) is 8.77. The summed E-state index contributed by atoms with van der Waals surface area (Å²) in [5.41, 5.74) is 5.75. The molecule has 0 radical (unpaired) electrons. The van der Waals surface area contributed by atoms with Crippen LogP contribution in [0.5, 0.6) is 0 Å². The van der Waals surface area contributed by atoms with E-state index in [0.717, 1.165) is 6.26 Å². The van der Waals surface area contributed by atoms with Gasteiger partial charge in [0.05, 0.1) is 31.1 Å². The van der Waals surface area contributed by atoms with Crippen molar-refractivity contribution < 1.29 is 27.9 Å². The van der Waals surface area contributed by atoms with Gasteiger partial charge in [-0.3, -0.25) is 9.59 Å². The van der Waals surface area contributed by atoms with E-state index >= 15 is 0 Å². The summed E-state index contributed by atoms with van der Waals surface area (Å²) in [6, 6.07) is -1.53. The van der Waals surface area contributed by atoms with Gasteiger partial charge in [0.2, 0.25) is 5.91 Å². The maximum atomic E-state index is 12.3. The monoisotopic (exact) mass is 322 g/mol. The fourth-order valence-corrected chi connectivity index (χ4v) is 3.00. The molecule has 0 spiro atoms. The second-order valence-electron chi connectivity index (χ2n) is 5.20. The number of carbonyl (C=O) groups excluding carboxylic acids is 1. The molecule has 8 nitrogen and oxygen atoms in total. The first-order valence-electron chi connectivity index (χ1n) is 6.71. The molecule has 0 aliphatic carbocycles.